The first-order chi connectivity index (χ1) is 17.9. The summed E-state index contributed by atoms with van der Waals surface area (Å²) in [6, 6.07) is 14.4. The van der Waals surface area contributed by atoms with Crippen molar-refractivity contribution in [2.24, 2.45) is 5.41 Å². The van der Waals surface area contributed by atoms with Crippen LogP contribution in [0.4, 0.5) is 0 Å². The Bertz CT molecular complexity index is 1290. The maximum Gasteiger partial charge on any atom is 0.253 e. The second-order valence-electron chi connectivity index (χ2n) is 9.72. The van der Waals surface area contributed by atoms with Crippen LogP contribution in [0.15, 0.2) is 66.1 Å². The van der Waals surface area contributed by atoms with Gasteiger partial charge in [0.1, 0.15) is 0 Å². The molecule has 5 rings (SSSR count). The molecule has 0 aliphatic carbocycles. The fourth-order valence-corrected chi connectivity index (χ4v) is 5.79. The van der Waals surface area contributed by atoms with E-state index in [0.717, 1.165) is 43.7 Å². The first kappa shape index (κ1) is 25.1. The summed E-state index contributed by atoms with van der Waals surface area (Å²) in [4.78, 5) is 54.5. The van der Waals surface area contributed by atoms with Crippen molar-refractivity contribution in [1.29, 1.82) is 0 Å². The number of likely N-dealkylation sites (tertiary alicyclic amines) is 2. The number of carbonyl (C=O) groups excluding carboxylic acids is 3. The number of pyridine rings is 1. The molecule has 2 aliphatic rings. The zero-order valence-electron chi connectivity index (χ0n) is 20.8. The van der Waals surface area contributed by atoms with Crippen LogP contribution < -0.4 is 0 Å². The van der Waals surface area contributed by atoms with Crippen molar-refractivity contribution in [1.82, 2.24) is 24.8 Å². The van der Waals surface area contributed by atoms with Gasteiger partial charge in [-0.15, -0.1) is 0 Å². The van der Waals surface area contributed by atoms with Crippen LogP contribution in [0.1, 0.15) is 46.9 Å². The third kappa shape index (κ3) is 5.72. The standard InChI is InChI=1S/C28H29N5O3S/c1-20(34)21-5-7-22(8-6-21)26(36)32-15-10-28(11-16-32)12-17-33(19-28)25(35)18-37-27-30-14-9-24(31-27)23-4-2-3-13-29-23/h2-9,13-14H,10-12,15-19H2,1H3. The van der Waals surface area contributed by atoms with Crippen LogP contribution in [0.5, 0.6) is 0 Å². The Morgan fingerprint density at radius 2 is 1.54 bits per heavy atom. The Labute approximate surface area is 220 Å². The lowest BCUT2D eigenvalue weighted by Crippen LogP contribution is -2.44. The van der Waals surface area contributed by atoms with E-state index in [1.54, 1.807) is 36.7 Å². The van der Waals surface area contributed by atoms with E-state index >= 15 is 0 Å². The van der Waals surface area contributed by atoms with Crippen molar-refractivity contribution in [2.75, 3.05) is 31.9 Å². The van der Waals surface area contributed by atoms with Gasteiger partial charge in [-0.05, 0) is 61.9 Å². The monoisotopic (exact) mass is 515 g/mol. The highest BCUT2D eigenvalue weighted by Gasteiger charge is 2.42. The Kier molecular flexibility index (Phi) is 7.32. The Morgan fingerprint density at radius 1 is 0.838 bits per heavy atom. The quantitative estimate of drug-likeness (QED) is 0.278. The summed E-state index contributed by atoms with van der Waals surface area (Å²) in [6.45, 7) is 4.35. The van der Waals surface area contributed by atoms with Gasteiger partial charge in [-0.25, -0.2) is 9.97 Å². The summed E-state index contributed by atoms with van der Waals surface area (Å²) in [5.74, 6) is 0.379. The summed E-state index contributed by atoms with van der Waals surface area (Å²) >= 11 is 1.35. The molecule has 4 heterocycles. The van der Waals surface area contributed by atoms with E-state index in [4.69, 9.17) is 0 Å². The topological polar surface area (TPSA) is 96.4 Å². The molecular weight excluding hydrogens is 486 g/mol. The van der Waals surface area contributed by atoms with Crippen molar-refractivity contribution >= 4 is 29.4 Å². The molecule has 0 unspecified atom stereocenters. The molecule has 0 bridgehead atoms. The van der Waals surface area contributed by atoms with Crippen LogP contribution in [-0.2, 0) is 4.79 Å². The normalized spacial score (nSPS) is 16.7. The number of nitrogens with zero attached hydrogens (tertiary/aromatic N) is 5. The smallest absolute Gasteiger partial charge is 0.253 e. The highest BCUT2D eigenvalue weighted by molar-refractivity contribution is 7.99. The van der Waals surface area contributed by atoms with Crippen LogP contribution in [-0.4, -0.2) is 74.3 Å². The van der Waals surface area contributed by atoms with Crippen molar-refractivity contribution in [3.63, 3.8) is 0 Å². The molecule has 8 nitrogen and oxygen atoms in total. The maximum atomic E-state index is 13.0. The Morgan fingerprint density at radius 3 is 2.22 bits per heavy atom. The fraction of sp³-hybridized carbons (Fsp3) is 0.357. The molecule has 1 spiro atoms. The number of amides is 2. The van der Waals surface area contributed by atoms with Crippen LogP contribution in [0.3, 0.4) is 0 Å². The minimum atomic E-state index is -0.0109. The summed E-state index contributed by atoms with van der Waals surface area (Å²) in [5, 5.41) is 0.563. The SMILES string of the molecule is CC(=O)c1ccc(C(=O)N2CCC3(CCN(C(=O)CSc4nccc(-c5ccccn5)n4)C3)CC2)cc1. The number of thioether (sulfide) groups is 1. The van der Waals surface area contributed by atoms with Crippen LogP contribution in [0.2, 0.25) is 0 Å². The number of rotatable bonds is 6. The molecule has 1 aromatic carbocycles. The van der Waals surface area contributed by atoms with E-state index in [1.807, 2.05) is 34.1 Å². The number of piperidine rings is 1. The third-order valence-electron chi connectivity index (χ3n) is 7.33. The number of Topliss-reactive ketones (excluding diaryl/α,β-unsaturated/α-hetero) is 1. The summed E-state index contributed by atoms with van der Waals surface area (Å²) < 4.78 is 0. The number of benzene rings is 1. The van der Waals surface area contributed by atoms with Crippen LogP contribution >= 0.6 is 11.8 Å². The molecular formula is C28H29N5O3S. The molecule has 9 heteroatoms. The van der Waals surface area contributed by atoms with Crippen LogP contribution in [0.25, 0.3) is 11.4 Å². The van der Waals surface area contributed by atoms with Gasteiger partial charge in [-0.3, -0.25) is 19.4 Å². The molecule has 2 aliphatic heterocycles. The average Bonchev–Trinajstić information content (AvgIpc) is 3.36. The fourth-order valence-electron chi connectivity index (χ4n) is 5.06. The molecule has 3 aromatic rings. The molecule has 2 fully saturated rings. The Hall–Kier alpha value is -3.59. The van der Waals surface area contributed by atoms with Crippen LogP contribution in [0, 0.1) is 5.41 Å². The average molecular weight is 516 g/mol. The maximum absolute atomic E-state index is 13.0. The highest BCUT2D eigenvalue weighted by Crippen LogP contribution is 2.41. The first-order valence-corrected chi connectivity index (χ1v) is 13.5. The summed E-state index contributed by atoms with van der Waals surface area (Å²) in [7, 11) is 0. The van der Waals surface area contributed by atoms with E-state index in [2.05, 4.69) is 15.0 Å². The van der Waals surface area contributed by atoms with Gasteiger partial charge in [0.2, 0.25) is 5.91 Å². The van der Waals surface area contributed by atoms with Gasteiger partial charge >= 0.3 is 0 Å². The molecule has 2 saturated heterocycles. The highest BCUT2D eigenvalue weighted by atomic mass is 32.2. The third-order valence-corrected chi connectivity index (χ3v) is 8.17. The molecule has 37 heavy (non-hydrogen) atoms. The van der Waals surface area contributed by atoms with Gasteiger partial charge in [0.05, 0.1) is 17.1 Å². The number of aromatic nitrogens is 3. The second kappa shape index (κ2) is 10.8. The van der Waals surface area contributed by atoms with Gasteiger partial charge in [0.15, 0.2) is 10.9 Å². The molecule has 0 radical (unpaired) electrons. The van der Waals surface area contributed by atoms with E-state index in [0.29, 0.717) is 35.1 Å². The van der Waals surface area contributed by atoms with Gasteiger partial charge in [-0.1, -0.05) is 30.0 Å². The number of carbonyl (C=O) groups is 3. The van der Waals surface area contributed by atoms with Gasteiger partial charge in [-0.2, -0.15) is 0 Å². The lowest BCUT2D eigenvalue weighted by molar-refractivity contribution is -0.127. The summed E-state index contributed by atoms with van der Waals surface area (Å²) in [6.07, 6.45) is 6.16. The zero-order valence-corrected chi connectivity index (χ0v) is 21.6. The predicted octanol–water partition coefficient (Wildman–Crippen LogP) is 3.99. The molecule has 0 N–H and O–H groups in total. The molecule has 0 saturated carbocycles. The lowest BCUT2D eigenvalue weighted by Gasteiger charge is -2.39. The first-order valence-electron chi connectivity index (χ1n) is 12.5. The molecule has 2 aromatic heterocycles. The number of hydrogen-bond donors (Lipinski definition) is 0. The lowest BCUT2D eigenvalue weighted by atomic mass is 9.77. The second-order valence-corrected chi connectivity index (χ2v) is 10.7. The molecule has 2 amide bonds. The predicted molar refractivity (Wildman–Crippen MR) is 141 cm³/mol. The van der Waals surface area contributed by atoms with Gasteiger partial charge in [0, 0.05) is 49.7 Å². The van der Waals surface area contributed by atoms with Gasteiger partial charge in [0.25, 0.3) is 5.91 Å². The Balaban J connectivity index is 1.12. The number of ketones is 1. The zero-order chi connectivity index (χ0) is 25.8. The van der Waals surface area contributed by atoms with E-state index < -0.39 is 0 Å². The van der Waals surface area contributed by atoms with Gasteiger partial charge < -0.3 is 9.80 Å². The van der Waals surface area contributed by atoms with E-state index in [9.17, 15) is 14.4 Å². The molecule has 190 valence electrons. The van der Waals surface area contributed by atoms with Crippen molar-refractivity contribution in [2.45, 2.75) is 31.3 Å². The minimum absolute atomic E-state index is 0.000199. The van der Waals surface area contributed by atoms with E-state index in [-0.39, 0.29) is 23.0 Å². The minimum Gasteiger partial charge on any atom is -0.341 e. The largest absolute Gasteiger partial charge is 0.341 e. The van der Waals surface area contributed by atoms with Crippen molar-refractivity contribution in [3.8, 4) is 11.4 Å². The molecule has 0 atom stereocenters. The number of hydrogen-bond acceptors (Lipinski definition) is 7. The van der Waals surface area contributed by atoms with E-state index in [1.165, 1.54) is 18.7 Å². The van der Waals surface area contributed by atoms with Crippen molar-refractivity contribution < 1.29 is 14.4 Å². The summed E-state index contributed by atoms with van der Waals surface area (Å²) in [5.41, 5.74) is 2.80. The van der Waals surface area contributed by atoms with Crippen molar-refractivity contribution in [3.05, 3.63) is 72.1 Å².